The molecule has 2 aromatic heterocycles. The van der Waals surface area contributed by atoms with Crippen LogP contribution in [0.1, 0.15) is 56.6 Å². The van der Waals surface area contributed by atoms with Gasteiger partial charge in [-0.2, -0.15) is 10.2 Å². The highest BCUT2D eigenvalue weighted by atomic mass is 35.5. The Bertz CT molecular complexity index is 1370. The van der Waals surface area contributed by atoms with E-state index in [1.807, 2.05) is 6.07 Å². The number of hydrogen-bond acceptors (Lipinski definition) is 7. The average Bonchev–Trinajstić information content (AvgIpc) is 3.39. The van der Waals surface area contributed by atoms with Crippen molar-refractivity contribution in [3.05, 3.63) is 34.7 Å². The number of fused-ring (bicyclic) bond motifs is 1. The number of benzene rings is 1. The maximum atomic E-state index is 14.8. The third-order valence-electron chi connectivity index (χ3n) is 7.04. The summed E-state index contributed by atoms with van der Waals surface area (Å²) in [5.74, 6) is -3.58. The van der Waals surface area contributed by atoms with Crippen LogP contribution in [0.5, 0.6) is 0 Å². The zero-order valence-corrected chi connectivity index (χ0v) is 20.4. The van der Waals surface area contributed by atoms with Gasteiger partial charge in [0, 0.05) is 30.8 Å². The molecule has 0 saturated heterocycles. The minimum Gasteiger partial charge on any atom is -0.369 e. The van der Waals surface area contributed by atoms with Gasteiger partial charge >= 0.3 is 0 Å². The number of carbonyl (C=O) groups excluding carboxylic acids is 1. The summed E-state index contributed by atoms with van der Waals surface area (Å²) in [6, 6.07) is 3.66. The second kappa shape index (κ2) is 9.70. The molecule has 5 rings (SSSR count). The van der Waals surface area contributed by atoms with Crippen LogP contribution >= 0.6 is 11.6 Å². The van der Waals surface area contributed by atoms with Gasteiger partial charge in [-0.1, -0.05) is 11.6 Å². The molecular weight excluding hydrogens is 509 g/mol. The van der Waals surface area contributed by atoms with Crippen LogP contribution in [0.2, 0.25) is 5.02 Å². The summed E-state index contributed by atoms with van der Waals surface area (Å²) in [5, 5.41) is 15.0. The largest absolute Gasteiger partial charge is 0.369 e. The second-order valence-electron chi connectivity index (χ2n) is 9.61. The van der Waals surface area contributed by atoms with Gasteiger partial charge < -0.3 is 16.4 Å². The van der Waals surface area contributed by atoms with Gasteiger partial charge in [0.05, 0.1) is 28.5 Å². The molecule has 1 aromatic carbocycles. The van der Waals surface area contributed by atoms with E-state index in [1.54, 1.807) is 4.57 Å². The van der Waals surface area contributed by atoms with Crippen LogP contribution in [0.25, 0.3) is 11.2 Å². The van der Waals surface area contributed by atoms with E-state index in [-0.39, 0.29) is 58.9 Å². The monoisotopic (exact) mass is 532 g/mol. The van der Waals surface area contributed by atoms with E-state index in [0.29, 0.717) is 43.3 Å². The Morgan fingerprint density at radius 2 is 1.97 bits per heavy atom. The molecule has 1 atom stereocenters. The van der Waals surface area contributed by atoms with Gasteiger partial charge in [-0.15, -0.1) is 0 Å². The minimum absolute atomic E-state index is 0.00296. The summed E-state index contributed by atoms with van der Waals surface area (Å²) >= 11 is 6.26. The smallest absolute Gasteiger partial charge is 0.250 e. The van der Waals surface area contributed by atoms with E-state index >= 15 is 0 Å². The predicted molar refractivity (Wildman–Crippen MR) is 131 cm³/mol. The Kier molecular flexibility index (Phi) is 6.58. The van der Waals surface area contributed by atoms with Gasteiger partial charge in [0.15, 0.2) is 5.65 Å². The van der Waals surface area contributed by atoms with E-state index in [1.165, 1.54) is 12.3 Å². The van der Waals surface area contributed by atoms with E-state index < -0.39 is 17.8 Å². The Morgan fingerprint density at radius 1 is 1.22 bits per heavy atom. The van der Waals surface area contributed by atoms with E-state index in [4.69, 9.17) is 22.6 Å². The number of nitrogens with two attached hydrogens (primary N) is 1. The number of halogens is 4. The number of anilines is 3. The highest BCUT2D eigenvalue weighted by Crippen LogP contribution is 2.39. The molecule has 2 aliphatic rings. The first-order chi connectivity index (χ1) is 17.6. The maximum absolute atomic E-state index is 14.8. The lowest BCUT2D eigenvalue weighted by Crippen LogP contribution is -2.29. The molecule has 194 valence electrons. The minimum atomic E-state index is -2.72. The number of nitrogens with one attached hydrogen (secondary N) is 2. The number of alkyl halides is 2. The van der Waals surface area contributed by atoms with Crippen molar-refractivity contribution < 1.29 is 18.0 Å². The van der Waals surface area contributed by atoms with Crippen molar-refractivity contribution in [2.45, 2.75) is 63.0 Å². The topological polar surface area (TPSA) is 135 Å². The van der Waals surface area contributed by atoms with Crippen molar-refractivity contribution >= 4 is 46.3 Å². The standard InChI is InChI=1S/C24H24ClF3N8O/c25-16-7-12(10-29)8-17(26)19(16)34-23-33-18-11-31-22(32-14-5-6-24(27,28)9-14)35-21(18)36(23)15-3-1-13(2-4-15)20(30)37/h7-8,11,13-15H,1-6,9H2,(H2,30,37)(H,33,34)(H,31,32,35)/t13?,14-,15?/m1/s1. The third kappa shape index (κ3) is 5.13. The molecule has 13 heteroatoms. The normalized spacial score (nSPS) is 23.1. The maximum Gasteiger partial charge on any atom is 0.250 e. The first kappa shape index (κ1) is 25.1. The molecule has 1 amide bonds. The molecule has 4 N–H and O–H groups in total. The molecule has 0 unspecified atom stereocenters. The molecule has 2 fully saturated rings. The van der Waals surface area contributed by atoms with Gasteiger partial charge in [-0.25, -0.2) is 23.1 Å². The van der Waals surface area contributed by atoms with Gasteiger partial charge in [-0.3, -0.25) is 9.36 Å². The number of nitrogens with zero attached hydrogens (tertiary/aromatic N) is 5. The first-order valence-corrected chi connectivity index (χ1v) is 12.4. The lowest BCUT2D eigenvalue weighted by Gasteiger charge is -2.29. The van der Waals surface area contributed by atoms with Gasteiger partial charge in [0.1, 0.15) is 11.3 Å². The fourth-order valence-corrected chi connectivity index (χ4v) is 5.39. The quantitative estimate of drug-likeness (QED) is 0.404. The molecule has 9 nitrogen and oxygen atoms in total. The average molecular weight is 533 g/mol. The van der Waals surface area contributed by atoms with Crippen molar-refractivity contribution in [2.75, 3.05) is 10.6 Å². The van der Waals surface area contributed by atoms with Crippen molar-refractivity contribution in [1.82, 2.24) is 19.5 Å². The molecule has 2 aliphatic carbocycles. The summed E-state index contributed by atoms with van der Waals surface area (Å²) in [6.07, 6.45) is 3.61. The highest BCUT2D eigenvalue weighted by molar-refractivity contribution is 6.33. The number of primary amides is 1. The van der Waals surface area contributed by atoms with Crippen LogP contribution in [0, 0.1) is 23.1 Å². The molecular formula is C24H24ClF3N8O. The third-order valence-corrected chi connectivity index (χ3v) is 7.34. The number of amides is 1. The number of imidazole rings is 1. The SMILES string of the molecule is N#Cc1cc(F)c(Nc2nc3cnc(N[C@@H]4CCC(F)(F)C4)nc3n2C2CCC(C(N)=O)CC2)c(Cl)c1. The summed E-state index contributed by atoms with van der Waals surface area (Å²) < 4.78 is 44.0. The van der Waals surface area contributed by atoms with Crippen LogP contribution in [0.3, 0.4) is 0 Å². The second-order valence-corrected chi connectivity index (χ2v) is 10.0. The number of nitriles is 1. The van der Waals surface area contributed by atoms with E-state index in [0.717, 1.165) is 6.07 Å². The van der Waals surface area contributed by atoms with Crippen molar-refractivity contribution in [3.63, 3.8) is 0 Å². The lowest BCUT2D eigenvalue weighted by molar-refractivity contribution is -0.122. The van der Waals surface area contributed by atoms with Gasteiger partial charge in [-0.05, 0) is 44.2 Å². The number of rotatable bonds is 6. The van der Waals surface area contributed by atoms with Crippen LogP contribution < -0.4 is 16.4 Å². The fraction of sp³-hybridized carbons (Fsp3) is 0.458. The number of carbonyl (C=O) groups is 1. The van der Waals surface area contributed by atoms with Crippen molar-refractivity contribution in [3.8, 4) is 6.07 Å². The zero-order chi connectivity index (χ0) is 26.3. The highest BCUT2D eigenvalue weighted by Gasteiger charge is 2.39. The predicted octanol–water partition coefficient (Wildman–Crippen LogP) is 5.05. The molecule has 2 heterocycles. The number of aromatic nitrogens is 4. The van der Waals surface area contributed by atoms with E-state index in [9.17, 15) is 18.0 Å². The summed E-state index contributed by atoms with van der Waals surface area (Å²) in [7, 11) is 0. The lowest BCUT2D eigenvalue weighted by atomic mass is 9.85. The van der Waals surface area contributed by atoms with E-state index in [2.05, 4.69) is 25.6 Å². The molecule has 37 heavy (non-hydrogen) atoms. The van der Waals surface area contributed by atoms with Crippen LogP contribution in [-0.2, 0) is 4.79 Å². The van der Waals surface area contributed by atoms with Crippen molar-refractivity contribution in [1.29, 1.82) is 5.26 Å². The van der Waals surface area contributed by atoms with Crippen LogP contribution in [-0.4, -0.2) is 37.4 Å². The van der Waals surface area contributed by atoms with Crippen molar-refractivity contribution in [2.24, 2.45) is 11.7 Å². The molecule has 2 saturated carbocycles. The molecule has 0 aliphatic heterocycles. The van der Waals surface area contributed by atoms with Crippen LogP contribution in [0.15, 0.2) is 18.3 Å². The molecule has 0 spiro atoms. The Hall–Kier alpha value is -3.59. The van der Waals surface area contributed by atoms with Crippen LogP contribution in [0.4, 0.5) is 30.8 Å². The molecule has 3 aromatic rings. The molecule has 0 radical (unpaired) electrons. The summed E-state index contributed by atoms with van der Waals surface area (Å²) in [4.78, 5) is 25.1. The number of hydrogen-bond donors (Lipinski definition) is 3. The fourth-order valence-electron chi connectivity index (χ4n) is 5.14. The zero-order valence-electron chi connectivity index (χ0n) is 19.6. The Morgan fingerprint density at radius 3 is 2.59 bits per heavy atom. The Labute approximate surface area is 215 Å². The summed E-state index contributed by atoms with van der Waals surface area (Å²) in [6.45, 7) is 0. The Balaban J connectivity index is 1.52. The first-order valence-electron chi connectivity index (χ1n) is 12.0. The molecule has 0 bridgehead atoms. The van der Waals surface area contributed by atoms with Gasteiger partial charge in [0.25, 0.3) is 0 Å². The van der Waals surface area contributed by atoms with Gasteiger partial charge in [0.2, 0.25) is 23.7 Å². The summed E-state index contributed by atoms with van der Waals surface area (Å²) in [5.41, 5.74) is 6.35.